The van der Waals surface area contributed by atoms with Crippen LogP contribution < -0.4 is 10.3 Å². The van der Waals surface area contributed by atoms with Gasteiger partial charge in [0, 0.05) is 23.0 Å². The number of amides is 1. The molecule has 6 nitrogen and oxygen atoms in total. The highest BCUT2D eigenvalue weighted by molar-refractivity contribution is 6.00. The number of carbonyl (C=O) groups excluding carboxylic acids is 2. The fourth-order valence-electron chi connectivity index (χ4n) is 4.37. The number of ether oxygens (including phenoxy) is 1. The number of pyridine rings is 1. The SMILES string of the molecule is COC(=O)c1ccc2c(c1)CCN2C(=O)Cn1c2ccccc2c(=O)c2ccccc21. The molecule has 6 heteroatoms. The molecular weight excluding hydrogens is 392 g/mol. The Hall–Kier alpha value is -3.93. The third kappa shape index (κ3) is 3.08. The summed E-state index contributed by atoms with van der Waals surface area (Å²) in [5, 5.41) is 1.19. The van der Waals surface area contributed by atoms with Gasteiger partial charge in [-0.05, 0) is 54.4 Å². The van der Waals surface area contributed by atoms with Crippen molar-refractivity contribution in [1.82, 2.24) is 4.57 Å². The first kappa shape index (κ1) is 19.1. The van der Waals surface area contributed by atoms with Gasteiger partial charge < -0.3 is 14.2 Å². The minimum Gasteiger partial charge on any atom is -0.465 e. The molecule has 1 aliphatic heterocycles. The van der Waals surface area contributed by atoms with Gasteiger partial charge in [-0.15, -0.1) is 0 Å². The fraction of sp³-hybridized carbons (Fsp3) is 0.160. The largest absolute Gasteiger partial charge is 0.465 e. The predicted octanol–water partition coefficient (Wildman–Crippen LogP) is 3.53. The minimum absolute atomic E-state index is 0.0308. The maximum atomic E-state index is 13.4. The highest BCUT2D eigenvalue weighted by atomic mass is 16.5. The molecule has 0 unspecified atom stereocenters. The summed E-state index contributed by atoms with van der Waals surface area (Å²) in [6.07, 6.45) is 0.678. The minimum atomic E-state index is -0.390. The van der Waals surface area contributed by atoms with Crippen molar-refractivity contribution in [3.63, 3.8) is 0 Å². The number of anilines is 1. The second-order valence-corrected chi connectivity index (χ2v) is 7.58. The number of esters is 1. The summed E-state index contributed by atoms with van der Waals surface area (Å²) < 4.78 is 6.70. The van der Waals surface area contributed by atoms with Crippen LogP contribution in [0.2, 0.25) is 0 Å². The molecule has 2 heterocycles. The summed E-state index contributed by atoms with van der Waals surface area (Å²) in [6.45, 7) is 0.661. The van der Waals surface area contributed by atoms with E-state index < -0.39 is 5.97 Å². The van der Waals surface area contributed by atoms with E-state index in [0.29, 0.717) is 29.3 Å². The van der Waals surface area contributed by atoms with E-state index in [2.05, 4.69) is 0 Å². The number of carbonyl (C=O) groups is 2. The van der Waals surface area contributed by atoms with E-state index in [1.54, 1.807) is 35.2 Å². The van der Waals surface area contributed by atoms with E-state index in [0.717, 1.165) is 22.3 Å². The summed E-state index contributed by atoms with van der Waals surface area (Å²) >= 11 is 0. The Bertz CT molecular complexity index is 1360. The van der Waals surface area contributed by atoms with Crippen molar-refractivity contribution in [2.75, 3.05) is 18.6 Å². The zero-order chi connectivity index (χ0) is 21.5. The Morgan fingerprint density at radius 1 is 0.935 bits per heavy atom. The zero-order valence-corrected chi connectivity index (χ0v) is 17.0. The molecule has 4 aromatic rings. The summed E-state index contributed by atoms with van der Waals surface area (Å²) in [5.74, 6) is -0.456. The normalized spacial score (nSPS) is 12.9. The third-order valence-corrected chi connectivity index (χ3v) is 5.87. The summed E-state index contributed by atoms with van der Waals surface area (Å²) in [4.78, 5) is 39.8. The van der Waals surface area contributed by atoms with E-state index in [1.165, 1.54) is 7.11 Å². The molecular formula is C25H20N2O4. The third-order valence-electron chi connectivity index (χ3n) is 5.87. The van der Waals surface area contributed by atoms with E-state index in [9.17, 15) is 14.4 Å². The molecule has 0 N–H and O–H groups in total. The van der Waals surface area contributed by atoms with Crippen LogP contribution >= 0.6 is 0 Å². The first-order valence-electron chi connectivity index (χ1n) is 10.1. The number of hydrogen-bond acceptors (Lipinski definition) is 4. The van der Waals surface area contributed by atoms with Crippen LogP contribution in [0.1, 0.15) is 15.9 Å². The van der Waals surface area contributed by atoms with Crippen molar-refractivity contribution < 1.29 is 14.3 Å². The molecule has 0 radical (unpaired) electrons. The van der Waals surface area contributed by atoms with Crippen LogP contribution in [-0.2, 0) is 22.5 Å². The summed E-state index contributed by atoms with van der Waals surface area (Å²) in [5.41, 5.74) is 3.68. The Labute approximate surface area is 178 Å². The van der Waals surface area contributed by atoms with Crippen LogP contribution in [0.4, 0.5) is 5.69 Å². The second kappa shape index (κ2) is 7.40. The van der Waals surface area contributed by atoms with Crippen molar-refractivity contribution in [3.05, 3.63) is 88.1 Å². The van der Waals surface area contributed by atoms with Crippen LogP contribution in [0.3, 0.4) is 0 Å². The lowest BCUT2D eigenvalue weighted by atomic mass is 10.1. The number of nitrogens with zero attached hydrogens (tertiary/aromatic N) is 2. The van der Waals surface area contributed by atoms with Gasteiger partial charge in [-0.3, -0.25) is 9.59 Å². The van der Waals surface area contributed by atoms with Gasteiger partial charge in [-0.2, -0.15) is 0 Å². The molecule has 1 aromatic heterocycles. The molecule has 0 atom stereocenters. The summed E-state index contributed by atoms with van der Waals surface area (Å²) in [6, 6.07) is 20.0. The molecule has 31 heavy (non-hydrogen) atoms. The maximum absolute atomic E-state index is 13.4. The van der Waals surface area contributed by atoms with Gasteiger partial charge in [0.1, 0.15) is 6.54 Å². The standard InChI is InChI=1S/C25H20N2O4/c1-31-25(30)17-10-11-20-16(14-17)12-13-26(20)23(28)15-27-21-8-4-2-6-18(21)24(29)19-7-3-5-9-22(19)27/h2-11,14H,12-13,15H2,1H3. The van der Waals surface area contributed by atoms with E-state index in [1.807, 2.05) is 41.0 Å². The van der Waals surface area contributed by atoms with Crippen molar-refractivity contribution in [1.29, 1.82) is 0 Å². The zero-order valence-electron chi connectivity index (χ0n) is 17.0. The second-order valence-electron chi connectivity index (χ2n) is 7.58. The van der Waals surface area contributed by atoms with Gasteiger partial charge >= 0.3 is 5.97 Å². The first-order chi connectivity index (χ1) is 15.1. The molecule has 154 valence electrons. The number of para-hydroxylation sites is 2. The Balaban J connectivity index is 1.56. The summed E-state index contributed by atoms with van der Waals surface area (Å²) in [7, 11) is 1.35. The average Bonchev–Trinajstić information content (AvgIpc) is 3.24. The van der Waals surface area contributed by atoms with Gasteiger partial charge in [0.2, 0.25) is 5.91 Å². The molecule has 0 fully saturated rings. The number of fused-ring (bicyclic) bond motifs is 3. The molecule has 0 bridgehead atoms. The van der Waals surface area contributed by atoms with Crippen molar-refractivity contribution in [2.24, 2.45) is 0 Å². The molecule has 1 amide bonds. The van der Waals surface area contributed by atoms with Crippen LogP contribution in [0, 0.1) is 0 Å². The molecule has 5 rings (SSSR count). The number of hydrogen-bond donors (Lipinski definition) is 0. The van der Waals surface area contributed by atoms with Crippen LogP contribution in [0.5, 0.6) is 0 Å². The lowest BCUT2D eigenvalue weighted by Crippen LogP contribution is -2.32. The van der Waals surface area contributed by atoms with Gasteiger partial charge in [0.05, 0.1) is 23.7 Å². The van der Waals surface area contributed by atoms with Gasteiger partial charge in [0.15, 0.2) is 5.43 Å². The van der Waals surface area contributed by atoms with Crippen LogP contribution in [0.25, 0.3) is 21.8 Å². The molecule has 0 spiro atoms. The van der Waals surface area contributed by atoms with Crippen molar-refractivity contribution in [2.45, 2.75) is 13.0 Å². The fourth-order valence-corrected chi connectivity index (χ4v) is 4.37. The Morgan fingerprint density at radius 2 is 1.58 bits per heavy atom. The monoisotopic (exact) mass is 412 g/mol. The van der Waals surface area contributed by atoms with Crippen molar-refractivity contribution in [3.8, 4) is 0 Å². The molecule has 3 aromatic carbocycles. The Kier molecular flexibility index (Phi) is 4.55. The number of aromatic nitrogens is 1. The lowest BCUT2D eigenvalue weighted by molar-refractivity contribution is -0.118. The van der Waals surface area contributed by atoms with E-state index >= 15 is 0 Å². The van der Waals surface area contributed by atoms with E-state index in [-0.39, 0.29) is 17.9 Å². The molecule has 0 aliphatic carbocycles. The lowest BCUT2D eigenvalue weighted by Gasteiger charge is -2.21. The highest BCUT2D eigenvalue weighted by Crippen LogP contribution is 2.30. The van der Waals surface area contributed by atoms with E-state index in [4.69, 9.17) is 4.74 Å². The smallest absolute Gasteiger partial charge is 0.337 e. The number of rotatable bonds is 3. The molecule has 0 saturated heterocycles. The molecule has 0 saturated carbocycles. The predicted molar refractivity (Wildman–Crippen MR) is 120 cm³/mol. The molecule has 1 aliphatic rings. The number of benzene rings is 3. The highest BCUT2D eigenvalue weighted by Gasteiger charge is 2.26. The number of methoxy groups -OCH3 is 1. The van der Waals surface area contributed by atoms with Gasteiger partial charge in [-0.1, -0.05) is 24.3 Å². The quantitative estimate of drug-likeness (QED) is 0.381. The van der Waals surface area contributed by atoms with Gasteiger partial charge in [-0.25, -0.2) is 4.79 Å². The Morgan fingerprint density at radius 3 is 2.23 bits per heavy atom. The average molecular weight is 412 g/mol. The van der Waals surface area contributed by atoms with Gasteiger partial charge in [0.25, 0.3) is 0 Å². The van der Waals surface area contributed by atoms with Crippen LogP contribution in [0.15, 0.2) is 71.5 Å². The topological polar surface area (TPSA) is 68.6 Å². The first-order valence-corrected chi connectivity index (χ1v) is 10.1. The van der Waals surface area contributed by atoms with Crippen molar-refractivity contribution >= 4 is 39.4 Å². The van der Waals surface area contributed by atoms with Crippen LogP contribution in [-0.4, -0.2) is 30.1 Å². The maximum Gasteiger partial charge on any atom is 0.337 e.